The van der Waals surface area contributed by atoms with Gasteiger partial charge in [-0.2, -0.15) is 13.2 Å². The van der Waals surface area contributed by atoms with Gasteiger partial charge in [0, 0.05) is 24.7 Å². The van der Waals surface area contributed by atoms with E-state index in [0.717, 1.165) is 66.7 Å². The van der Waals surface area contributed by atoms with Gasteiger partial charge < -0.3 is 14.0 Å². The molecule has 1 aliphatic rings. The Morgan fingerprint density at radius 1 is 0.872 bits per heavy atom. The molecule has 0 bridgehead atoms. The van der Waals surface area contributed by atoms with Crippen molar-refractivity contribution in [1.82, 2.24) is 14.5 Å². The lowest BCUT2D eigenvalue weighted by Crippen LogP contribution is -2.25. The van der Waals surface area contributed by atoms with E-state index in [4.69, 9.17) is 14.5 Å². The number of ether oxygens (including phenoxy) is 2. The minimum absolute atomic E-state index is 0.0942. The zero-order chi connectivity index (χ0) is 27.4. The molecule has 0 atom stereocenters. The number of aromatic nitrogens is 2. The average molecular weight is 542 g/mol. The van der Waals surface area contributed by atoms with Gasteiger partial charge in [-0.25, -0.2) is 9.37 Å². The maximum Gasteiger partial charge on any atom is 0.419 e. The molecular weight excluding hydrogens is 510 g/mol. The molecule has 39 heavy (non-hydrogen) atoms. The van der Waals surface area contributed by atoms with Crippen molar-refractivity contribution in [3.63, 3.8) is 0 Å². The fraction of sp³-hybridized carbons (Fsp3) is 0.367. The van der Waals surface area contributed by atoms with Gasteiger partial charge in [0.2, 0.25) is 0 Å². The summed E-state index contributed by atoms with van der Waals surface area (Å²) >= 11 is 0. The number of imidazole rings is 1. The minimum atomic E-state index is -4.81. The van der Waals surface area contributed by atoms with Crippen molar-refractivity contribution in [2.45, 2.75) is 45.3 Å². The van der Waals surface area contributed by atoms with Crippen LogP contribution in [0, 0.1) is 5.82 Å². The molecule has 1 aliphatic heterocycles. The maximum absolute atomic E-state index is 13.7. The lowest BCUT2D eigenvalue weighted by Gasteiger charge is -2.15. The first-order valence-electron chi connectivity index (χ1n) is 13.3. The SMILES string of the molecule is CCCCn1c(-c2ccc(OCCN3CCCC3)cc2)nc2ccc(Oc3ccc(F)c(C(F)(F)F)c3)cc21. The van der Waals surface area contributed by atoms with Crippen molar-refractivity contribution in [3.05, 3.63) is 72.0 Å². The fourth-order valence-electron chi connectivity index (χ4n) is 4.85. The Hall–Kier alpha value is -3.59. The molecule has 1 saturated heterocycles. The van der Waals surface area contributed by atoms with E-state index in [1.165, 1.54) is 18.9 Å². The Morgan fingerprint density at radius 2 is 1.56 bits per heavy atom. The summed E-state index contributed by atoms with van der Waals surface area (Å²) < 4.78 is 66.9. The van der Waals surface area contributed by atoms with Crippen LogP contribution in [0.25, 0.3) is 22.4 Å². The van der Waals surface area contributed by atoms with Gasteiger partial charge in [0.1, 0.15) is 35.5 Å². The maximum atomic E-state index is 13.7. The fourth-order valence-corrected chi connectivity index (χ4v) is 4.85. The van der Waals surface area contributed by atoms with Crippen molar-refractivity contribution in [1.29, 1.82) is 0 Å². The van der Waals surface area contributed by atoms with Crippen molar-refractivity contribution in [2.75, 3.05) is 26.2 Å². The normalized spacial score (nSPS) is 14.3. The van der Waals surface area contributed by atoms with Gasteiger partial charge in [-0.05, 0) is 86.9 Å². The Bertz CT molecular complexity index is 1410. The number of likely N-dealkylation sites (tertiary alicyclic amines) is 1. The summed E-state index contributed by atoms with van der Waals surface area (Å²) in [4.78, 5) is 7.26. The molecule has 5 rings (SSSR count). The second kappa shape index (κ2) is 11.7. The highest BCUT2D eigenvalue weighted by Crippen LogP contribution is 2.36. The van der Waals surface area contributed by atoms with Crippen LogP contribution in [0.4, 0.5) is 17.6 Å². The lowest BCUT2D eigenvalue weighted by atomic mass is 10.2. The van der Waals surface area contributed by atoms with Crippen molar-refractivity contribution < 1.29 is 27.0 Å². The summed E-state index contributed by atoms with van der Waals surface area (Å²) in [6.45, 7) is 6.68. The van der Waals surface area contributed by atoms with Gasteiger partial charge in [-0.3, -0.25) is 4.90 Å². The third-order valence-electron chi connectivity index (χ3n) is 6.92. The Balaban J connectivity index is 1.38. The zero-order valence-electron chi connectivity index (χ0n) is 21.8. The van der Waals surface area contributed by atoms with E-state index in [1.54, 1.807) is 18.2 Å². The molecule has 2 heterocycles. The number of benzene rings is 3. The predicted octanol–water partition coefficient (Wildman–Crippen LogP) is 7.93. The molecule has 3 aromatic carbocycles. The second-order valence-electron chi connectivity index (χ2n) is 9.75. The first kappa shape index (κ1) is 27.0. The quantitative estimate of drug-likeness (QED) is 0.191. The van der Waals surface area contributed by atoms with Gasteiger partial charge in [-0.1, -0.05) is 13.3 Å². The Morgan fingerprint density at radius 3 is 2.28 bits per heavy atom. The van der Waals surface area contributed by atoms with Crippen LogP contribution in [0.15, 0.2) is 60.7 Å². The van der Waals surface area contributed by atoms with Crippen LogP contribution in [0.3, 0.4) is 0 Å². The van der Waals surface area contributed by atoms with Crippen LogP contribution in [0.1, 0.15) is 38.2 Å². The van der Waals surface area contributed by atoms with E-state index in [0.29, 0.717) is 25.0 Å². The average Bonchev–Trinajstić information content (AvgIpc) is 3.56. The van der Waals surface area contributed by atoms with Crippen LogP contribution >= 0.6 is 0 Å². The number of nitrogens with zero attached hydrogens (tertiary/aromatic N) is 3. The van der Waals surface area contributed by atoms with E-state index in [2.05, 4.69) is 16.4 Å². The van der Waals surface area contributed by atoms with Crippen LogP contribution in [0.2, 0.25) is 0 Å². The monoisotopic (exact) mass is 541 g/mol. The van der Waals surface area contributed by atoms with Gasteiger partial charge in [-0.15, -0.1) is 0 Å². The number of rotatable bonds is 10. The Kier molecular flexibility index (Phi) is 8.07. The molecule has 0 aliphatic carbocycles. The molecule has 0 amide bonds. The second-order valence-corrected chi connectivity index (χ2v) is 9.75. The molecule has 5 nitrogen and oxygen atoms in total. The van der Waals surface area contributed by atoms with Crippen LogP contribution < -0.4 is 9.47 Å². The largest absolute Gasteiger partial charge is 0.492 e. The summed E-state index contributed by atoms with van der Waals surface area (Å²) in [7, 11) is 0. The van der Waals surface area contributed by atoms with Gasteiger partial charge in [0.05, 0.1) is 16.6 Å². The summed E-state index contributed by atoms with van der Waals surface area (Å²) in [6, 6.07) is 15.7. The highest BCUT2D eigenvalue weighted by atomic mass is 19.4. The van der Waals surface area contributed by atoms with E-state index in [-0.39, 0.29) is 5.75 Å². The molecule has 0 unspecified atom stereocenters. The molecule has 4 aromatic rings. The molecule has 0 spiro atoms. The lowest BCUT2D eigenvalue weighted by molar-refractivity contribution is -0.140. The van der Waals surface area contributed by atoms with E-state index >= 15 is 0 Å². The third-order valence-corrected chi connectivity index (χ3v) is 6.92. The highest BCUT2D eigenvalue weighted by Gasteiger charge is 2.34. The van der Waals surface area contributed by atoms with E-state index in [9.17, 15) is 17.6 Å². The van der Waals surface area contributed by atoms with Gasteiger partial charge in [0.15, 0.2) is 0 Å². The first-order valence-corrected chi connectivity index (χ1v) is 13.3. The van der Waals surface area contributed by atoms with Crippen LogP contribution in [0.5, 0.6) is 17.2 Å². The van der Waals surface area contributed by atoms with E-state index < -0.39 is 17.6 Å². The van der Waals surface area contributed by atoms with Crippen molar-refractivity contribution in [3.8, 4) is 28.6 Å². The number of fused-ring (bicyclic) bond motifs is 1. The number of hydrogen-bond donors (Lipinski definition) is 0. The minimum Gasteiger partial charge on any atom is -0.492 e. The Labute approximate surface area is 225 Å². The smallest absolute Gasteiger partial charge is 0.419 e. The van der Waals surface area contributed by atoms with Gasteiger partial charge >= 0.3 is 6.18 Å². The number of halogens is 4. The summed E-state index contributed by atoms with van der Waals surface area (Å²) in [5.74, 6) is 0.509. The summed E-state index contributed by atoms with van der Waals surface area (Å²) in [6.07, 6.45) is -0.391. The molecule has 1 aromatic heterocycles. The van der Waals surface area contributed by atoms with E-state index in [1.807, 2.05) is 24.3 Å². The summed E-state index contributed by atoms with van der Waals surface area (Å²) in [5.41, 5.74) is 1.12. The molecule has 0 radical (unpaired) electrons. The number of hydrogen-bond acceptors (Lipinski definition) is 4. The summed E-state index contributed by atoms with van der Waals surface area (Å²) in [5, 5.41) is 0. The first-order chi connectivity index (χ1) is 18.8. The highest BCUT2D eigenvalue weighted by molar-refractivity contribution is 5.82. The molecule has 0 saturated carbocycles. The standard InChI is InChI=1S/C30H31F4N3O2/c1-2-3-16-37-28-20-24(39-23-10-12-26(31)25(19-23)30(32,33)34)11-13-27(28)35-29(37)21-6-8-22(9-7-21)38-18-17-36-14-4-5-15-36/h6-13,19-20H,2-5,14-18H2,1H3. The zero-order valence-corrected chi connectivity index (χ0v) is 21.8. The van der Waals surface area contributed by atoms with Crippen molar-refractivity contribution in [2.24, 2.45) is 0 Å². The molecule has 0 N–H and O–H groups in total. The van der Waals surface area contributed by atoms with Crippen LogP contribution in [-0.2, 0) is 12.7 Å². The number of alkyl halides is 3. The molecule has 1 fully saturated rings. The number of unbranched alkanes of at least 4 members (excludes halogenated alkanes) is 1. The molecule has 9 heteroatoms. The van der Waals surface area contributed by atoms with Crippen molar-refractivity contribution >= 4 is 11.0 Å². The van der Waals surface area contributed by atoms with Crippen LogP contribution in [-0.4, -0.2) is 40.7 Å². The number of aryl methyl sites for hydroxylation is 1. The third kappa shape index (κ3) is 6.36. The van der Waals surface area contributed by atoms with Gasteiger partial charge in [0.25, 0.3) is 0 Å². The topological polar surface area (TPSA) is 39.5 Å². The predicted molar refractivity (Wildman–Crippen MR) is 143 cm³/mol. The molecule has 206 valence electrons. The molecular formula is C30H31F4N3O2.